The van der Waals surface area contributed by atoms with E-state index >= 15 is 0 Å². The van der Waals surface area contributed by atoms with E-state index in [0.717, 1.165) is 5.56 Å². The summed E-state index contributed by atoms with van der Waals surface area (Å²) in [6.45, 7) is -0.164. The quantitative estimate of drug-likeness (QED) is 0.776. The van der Waals surface area contributed by atoms with Crippen LogP contribution in [0.3, 0.4) is 0 Å². The maximum absolute atomic E-state index is 12.0. The highest BCUT2D eigenvalue weighted by molar-refractivity contribution is 6.30. The van der Waals surface area contributed by atoms with Crippen LogP contribution in [0, 0.1) is 0 Å². The van der Waals surface area contributed by atoms with Crippen LogP contribution in [0.4, 0.5) is 5.82 Å². The predicted molar refractivity (Wildman–Crippen MR) is 85.3 cm³/mol. The lowest BCUT2D eigenvalue weighted by Gasteiger charge is -2.06. The zero-order chi connectivity index (χ0) is 16.1. The molecule has 0 fully saturated rings. The molecule has 2 aromatic carbocycles. The molecule has 0 aliphatic heterocycles. The molecular weight excluding hydrogens is 318 g/mol. The number of halogens is 1. The summed E-state index contributed by atoms with van der Waals surface area (Å²) in [7, 11) is 0. The topological polar surface area (TPSA) is 77.2 Å². The number of amides is 1. The van der Waals surface area contributed by atoms with Crippen molar-refractivity contribution in [2.24, 2.45) is 0 Å². The fourth-order valence-electron chi connectivity index (χ4n) is 1.90. The Morgan fingerprint density at radius 3 is 2.57 bits per heavy atom. The summed E-state index contributed by atoms with van der Waals surface area (Å²) in [6.07, 6.45) is 0. The van der Waals surface area contributed by atoms with Gasteiger partial charge >= 0.3 is 0 Å². The number of aromatic nitrogens is 2. The fourth-order valence-corrected chi connectivity index (χ4v) is 2.03. The van der Waals surface area contributed by atoms with E-state index in [4.69, 9.17) is 21.0 Å². The van der Waals surface area contributed by atoms with Crippen molar-refractivity contribution in [3.8, 4) is 17.0 Å². The van der Waals surface area contributed by atoms with Crippen molar-refractivity contribution in [1.29, 1.82) is 0 Å². The number of ether oxygens (including phenoxy) is 1. The van der Waals surface area contributed by atoms with Gasteiger partial charge in [-0.2, -0.15) is 0 Å². The van der Waals surface area contributed by atoms with Gasteiger partial charge in [0.05, 0.1) is 0 Å². The predicted octanol–water partition coefficient (Wildman–Crippen LogP) is 3.41. The molecule has 1 aromatic heterocycles. The van der Waals surface area contributed by atoms with Gasteiger partial charge < -0.3 is 10.1 Å². The van der Waals surface area contributed by atoms with Crippen molar-refractivity contribution in [1.82, 2.24) is 10.3 Å². The van der Waals surface area contributed by atoms with Gasteiger partial charge in [-0.05, 0) is 34.6 Å². The van der Waals surface area contributed by atoms with Crippen LogP contribution in [0.1, 0.15) is 0 Å². The maximum Gasteiger partial charge on any atom is 0.263 e. The van der Waals surface area contributed by atoms with Crippen LogP contribution in [-0.4, -0.2) is 22.8 Å². The zero-order valence-corrected chi connectivity index (χ0v) is 12.7. The number of anilines is 1. The highest BCUT2D eigenvalue weighted by Gasteiger charge is 2.15. The number of rotatable bonds is 5. The van der Waals surface area contributed by atoms with Crippen LogP contribution in [0.15, 0.2) is 59.2 Å². The molecule has 0 unspecified atom stereocenters. The Labute approximate surface area is 137 Å². The van der Waals surface area contributed by atoms with E-state index in [1.807, 2.05) is 30.3 Å². The Morgan fingerprint density at radius 1 is 1.09 bits per heavy atom. The molecule has 0 aliphatic rings. The van der Waals surface area contributed by atoms with Crippen LogP contribution in [0.25, 0.3) is 11.3 Å². The third-order valence-electron chi connectivity index (χ3n) is 2.98. The Hall–Kier alpha value is -2.86. The second-order valence-corrected chi connectivity index (χ2v) is 5.05. The van der Waals surface area contributed by atoms with Gasteiger partial charge in [-0.1, -0.05) is 41.9 Å². The number of hydrogen-bond acceptors (Lipinski definition) is 5. The van der Waals surface area contributed by atoms with Gasteiger partial charge in [0.1, 0.15) is 5.75 Å². The van der Waals surface area contributed by atoms with E-state index in [9.17, 15) is 4.79 Å². The third-order valence-corrected chi connectivity index (χ3v) is 3.23. The molecule has 6 nitrogen and oxygen atoms in total. The molecule has 0 aliphatic carbocycles. The van der Waals surface area contributed by atoms with Gasteiger partial charge in [-0.15, -0.1) is 0 Å². The van der Waals surface area contributed by atoms with E-state index in [2.05, 4.69) is 15.6 Å². The first-order valence-electron chi connectivity index (χ1n) is 6.78. The van der Waals surface area contributed by atoms with E-state index in [1.54, 1.807) is 24.3 Å². The summed E-state index contributed by atoms with van der Waals surface area (Å²) in [6, 6.07) is 16.0. The van der Waals surface area contributed by atoms with Crippen molar-refractivity contribution >= 4 is 23.3 Å². The van der Waals surface area contributed by atoms with Gasteiger partial charge in [0.2, 0.25) is 5.82 Å². The van der Waals surface area contributed by atoms with E-state index < -0.39 is 0 Å². The minimum atomic E-state index is -0.368. The number of benzene rings is 2. The van der Waals surface area contributed by atoms with Gasteiger partial charge in [0, 0.05) is 10.6 Å². The van der Waals surface area contributed by atoms with Crippen molar-refractivity contribution < 1.29 is 14.2 Å². The van der Waals surface area contributed by atoms with E-state index in [0.29, 0.717) is 16.5 Å². The summed E-state index contributed by atoms with van der Waals surface area (Å²) >= 11 is 5.78. The van der Waals surface area contributed by atoms with Gasteiger partial charge in [0.25, 0.3) is 5.91 Å². The molecule has 23 heavy (non-hydrogen) atoms. The SMILES string of the molecule is O=C(COc1ccc(Cl)cc1)Nc1nonc1-c1ccccc1. The molecule has 0 bridgehead atoms. The number of carbonyl (C=O) groups excluding carboxylic acids is 1. The maximum atomic E-state index is 12.0. The summed E-state index contributed by atoms with van der Waals surface area (Å²) in [5.74, 6) is 0.430. The van der Waals surface area contributed by atoms with E-state index in [1.165, 1.54) is 0 Å². The number of nitrogens with zero attached hydrogens (tertiary/aromatic N) is 2. The standard InChI is InChI=1S/C16H12ClN3O3/c17-12-6-8-13(9-7-12)22-10-14(21)18-16-15(19-23-20-16)11-4-2-1-3-5-11/h1-9H,10H2,(H,18,20,21). The van der Waals surface area contributed by atoms with Crippen molar-refractivity contribution in [2.75, 3.05) is 11.9 Å². The first-order chi connectivity index (χ1) is 11.2. The molecule has 0 saturated heterocycles. The average molecular weight is 330 g/mol. The summed E-state index contributed by atoms with van der Waals surface area (Å²) in [5, 5.41) is 10.7. The molecule has 1 amide bonds. The third kappa shape index (κ3) is 3.87. The Morgan fingerprint density at radius 2 is 1.83 bits per heavy atom. The number of nitrogens with one attached hydrogen (secondary N) is 1. The summed E-state index contributed by atoms with van der Waals surface area (Å²) in [5.41, 5.74) is 1.26. The van der Waals surface area contributed by atoms with Gasteiger partial charge in [-0.3, -0.25) is 4.79 Å². The molecule has 0 atom stereocenters. The summed E-state index contributed by atoms with van der Waals surface area (Å²) in [4.78, 5) is 12.0. The molecule has 7 heteroatoms. The second-order valence-electron chi connectivity index (χ2n) is 4.62. The molecule has 116 valence electrons. The molecule has 0 spiro atoms. The Balaban J connectivity index is 1.63. The molecule has 3 rings (SSSR count). The van der Waals surface area contributed by atoms with Gasteiger partial charge in [0.15, 0.2) is 12.3 Å². The lowest BCUT2D eigenvalue weighted by molar-refractivity contribution is -0.118. The van der Waals surface area contributed by atoms with Crippen LogP contribution in [0.5, 0.6) is 5.75 Å². The van der Waals surface area contributed by atoms with Gasteiger partial charge in [-0.25, -0.2) is 4.63 Å². The monoisotopic (exact) mass is 329 g/mol. The minimum Gasteiger partial charge on any atom is -0.484 e. The smallest absolute Gasteiger partial charge is 0.263 e. The highest BCUT2D eigenvalue weighted by Crippen LogP contribution is 2.23. The molecule has 0 saturated carbocycles. The largest absolute Gasteiger partial charge is 0.484 e. The summed E-state index contributed by atoms with van der Waals surface area (Å²) < 4.78 is 10.1. The Kier molecular flexibility index (Phi) is 4.54. The van der Waals surface area contributed by atoms with Crippen molar-refractivity contribution in [3.05, 3.63) is 59.6 Å². The first kappa shape index (κ1) is 15.1. The Bertz CT molecular complexity index is 788. The fraction of sp³-hybridized carbons (Fsp3) is 0.0625. The van der Waals surface area contributed by atoms with E-state index in [-0.39, 0.29) is 18.3 Å². The van der Waals surface area contributed by atoms with Crippen LogP contribution in [0.2, 0.25) is 5.02 Å². The molecule has 3 aromatic rings. The number of carbonyl (C=O) groups is 1. The van der Waals surface area contributed by atoms with Crippen molar-refractivity contribution in [3.63, 3.8) is 0 Å². The minimum absolute atomic E-state index is 0.164. The number of hydrogen-bond donors (Lipinski definition) is 1. The molecule has 1 N–H and O–H groups in total. The first-order valence-corrected chi connectivity index (χ1v) is 7.16. The van der Waals surface area contributed by atoms with Crippen molar-refractivity contribution in [2.45, 2.75) is 0 Å². The molecular formula is C16H12ClN3O3. The van der Waals surface area contributed by atoms with Crippen LogP contribution in [-0.2, 0) is 4.79 Å². The second kappa shape index (κ2) is 6.93. The zero-order valence-electron chi connectivity index (χ0n) is 11.9. The molecule has 0 radical (unpaired) electrons. The lowest BCUT2D eigenvalue weighted by Crippen LogP contribution is -2.20. The van der Waals surface area contributed by atoms with Crippen LogP contribution >= 0.6 is 11.6 Å². The van der Waals surface area contributed by atoms with Crippen LogP contribution < -0.4 is 10.1 Å². The highest BCUT2D eigenvalue weighted by atomic mass is 35.5. The average Bonchev–Trinajstić information content (AvgIpc) is 3.03. The molecule has 1 heterocycles. The normalized spacial score (nSPS) is 10.3. The lowest BCUT2D eigenvalue weighted by atomic mass is 10.1.